The van der Waals surface area contributed by atoms with Gasteiger partial charge in [0.25, 0.3) is 0 Å². The Morgan fingerprint density at radius 1 is 1.43 bits per heavy atom. The van der Waals surface area contributed by atoms with E-state index in [0.717, 1.165) is 36.9 Å². The number of thioether (sulfide) groups is 1. The maximum atomic E-state index is 12.5. The number of nitrogens with zero attached hydrogens (tertiary/aromatic N) is 2. The molecule has 0 aromatic carbocycles. The van der Waals surface area contributed by atoms with Gasteiger partial charge in [0.2, 0.25) is 0 Å². The van der Waals surface area contributed by atoms with E-state index in [1.54, 1.807) is 0 Å². The Labute approximate surface area is 142 Å². The number of hydrogen-bond donors (Lipinski definition) is 0. The molecule has 1 saturated carbocycles. The zero-order chi connectivity index (χ0) is 16.8. The zero-order valence-electron chi connectivity index (χ0n) is 14.1. The maximum Gasteiger partial charge on any atom is 0.319 e. The lowest BCUT2D eigenvalue weighted by molar-refractivity contribution is -0.149. The van der Waals surface area contributed by atoms with Crippen molar-refractivity contribution in [2.24, 2.45) is 0 Å². The average Bonchev–Trinajstić information content (AvgIpc) is 2.53. The van der Waals surface area contributed by atoms with E-state index >= 15 is 0 Å². The number of nitriles is 1. The number of aryl methyl sites for hydroxylation is 2. The summed E-state index contributed by atoms with van der Waals surface area (Å²) in [4.78, 5) is 16.9. The van der Waals surface area contributed by atoms with Gasteiger partial charge in [-0.2, -0.15) is 5.26 Å². The monoisotopic (exact) mass is 332 g/mol. The van der Waals surface area contributed by atoms with Crippen molar-refractivity contribution in [3.8, 4) is 6.07 Å². The molecule has 1 aromatic rings. The summed E-state index contributed by atoms with van der Waals surface area (Å²) in [6, 6.07) is 4.10. The predicted octanol–water partition coefficient (Wildman–Crippen LogP) is 4.32. The average molecular weight is 332 g/mol. The molecule has 1 aliphatic carbocycles. The van der Waals surface area contributed by atoms with Crippen molar-refractivity contribution >= 4 is 17.7 Å². The first-order valence-corrected chi connectivity index (χ1v) is 9.18. The fraction of sp³-hybridized carbons (Fsp3) is 0.611. The number of esters is 1. The Morgan fingerprint density at radius 3 is 2.74 bits per heavy atom. The van der Waals surface area contributed by atoms with Gasteiger partial charge in [-0.15, -0.1) is 0 Å². The lowest BCUT2D eigenvalue weighted by Gasteiger charge is -2.24. The van der Waals surface area contributed by atoms with Crippen molar-refractivity contribution in [3.63, 3.8) is 0 Å². The molecule has 1 heterocycles. The molecule has 0 amide bonds. The lowest BCUT2D eigenvalue weighted by atomic mass is 9.98. The van der Waals surface area contributed by atoms with Crippen molar-refractivity contribution in [2.75, 3.05) is 0 Å². The summed E-state index contributed by atoms with van der Waals surface area (Å²) in [5, 5.41) is 9.68. The first-order valence-electron chi connectivity index (χ1n) is 8.30. The minimum absolute atomic E-state index is 0.0635. The number of pyridine rings is 1. The van der Waals surface area contributed by atoms with E-state index in [1.807, 2.05) is 26.8 Å². The molecule has 1 aliphatic rings. The first-order chi connectivity index (χ1) is 11.0. The molecule has 1 unspecified atom stereocenters. The van der Waals surface area contributed by atoms with Crippen LogP contribution in [0.2, 0.25) is 0 Å². The van der Waals surface area contributed by atoms with E-state index in [9.17, 15) is 10.1 Å². The SMILES string of the molecule is CCC(Sc1nc(C)cc(C)c1C#N)C(=O)OC1CCCCC1. The van der Waals surface area contributed by atoms with Crippen LogP contribution in [0.3, 0.4) is 0 Å². The van der Waals surface area contributed by atoms with Crippen molar-refractivity contribution in [1.29, 1.82) is 5.26 Å². The third-order valence-corrected chi connectivity index (χ3v) is 5.47. The summed E-state index contributed by atoms with van der Waals surface area (Å²) < 4.78 is 5.68. The molecule has 23 heavy (non-hydrogen) atoms. The summed E-state index contributed by atoms with van der Waals surface area (Å²) in [6.45, 7) is 5.77. The highest BCUT2D eigenvalue weighted by Gasteiger charge is 2.26. The molecular weight excluding hydrogens is 308 g/mol. The van der Waals surface area contributed by atoms with Gasteiger partial charge in [-0.05, 0) is 57.6 Å². The highest BCUT2D eigenvalue weighted by molar-refractivity contribution is 8.00. The second-order valence-electron chi connectivity index (χ2n) is 6.08. The largest absolute Gasteiger partial charge is 0.462 e. The Kier molecular flexibility index (Phi) is 6.47. The third-order valence-electron chi connectivity index (χ3n) is 4.15. The number of rotatable bonds is 5. The van der Waals surface area contributed by atoms with E-state index in [2.05, 4.69) is 11.1 Å². The Morgan fingerprint density at radius 2 is 2.13 bits per heavy atom. The van der Waals surface area contributed by atoms with Crippen molar-refractivity contribution in [3.05, 3.63) is 22.9 Å². The summed E-state index contributed by atoms with van der Waals surface area (Å²) in [5.41, 5.74) is 2.32. The number of carbonyl (C=O) groups excluding carboxylic acids is 1. The summed E-state index contributed by atoms with van der Waals surface area (Å²) in [5.74, 6) is -0.172. The molecule has 1 atom stereocenters. The van der Waals surface area contributed by atoms with Crippen LogP contribution in [0.4, 0.5) is 0 Å². The van der Waals surface area contributed by atoms with E-state index in [4.69, 9.17) is 4.74 Å². The molecule has 4 nitrogen and oxygen atoms in total. The molecule has 0 saturated heterocycles. The van der Waals surface area contributed by atoms with Crippen LogP contribution in [0.15, 0.2) is 11.1 Å². The fourth-order valence-electron chi connectivity index (χ4n) is 2.88. The fourth-order valence-corrected chi connectivity index (χ4v) is 3.99. The van der Waals surface area contributed by atoms with Gasteiger partial charge in [-0.25, -0.2) is 4.98 Å². The quantitative estimate of drug-likeness (QED) is 0.593. The number of ether oxygens (including phenoxy) is 1. The van der Waals surface area contributed by atoms with Gasteiger partial charge in [0.05, 0.1) is 5.56 Å². The molecule has 0 spiro atoms. The standard InChI is InChI=1S/C18H24N2O2S/c1-4-16(18(21)22-14-8-6-5-7-9-14)23-17-15(11-19)12(2)10-13(3)20-17/h10,14,16H,4-9H2,1-3H3. The minimum Gasteiger partial charge on any atom is -0.462 e. The maximum absolute atomic E-state index is 12.5. The molecule has 0 bridgehead atoms. The van der Waals surface area contributed by atoms with Crippen LogP contribution in [0.1, 0.15) is 62.3 Å². The van der Waals surface area contributed by atoms with Crippen molar-refractivity contribution < 1.29 is 9.53 Å². The van der Waals surface area contributed by atoms with Crippen molar-refractivity contribution in [2.45, 2.75) is 75.7 Å². The molecule has 124 valence electrons. The first kappa shape index (κ1) is 17.8. The molecule has 2 rings (SSSR count). The van der Waals surface area contributed by atoms with E-state index in [-0.39, 0.29) is 17.3 Å². The summed E-state index contributed by atoms with van der Waals surface area (Å²) in [7, 11) is 0. The molecule has 1 aromatic heterocycles. The van der Waals surface area contributed by atoms with Crippen LogP contribution in [-0.4, -0.2) is 22.3 Å². The van der Waals surface area contributed by atoms with Gasteiger partial charge in [0, 0.05) is 5.69 Å². The number of hydrogen-bond acceptors (Lipinski definition) is 5. The second-order valence-corrected chi connectivity index (χ2v) is 7.28. The van der Waals surface area contributed by atoms with E-state index < -0.39 is 0 Å². The van der Waals surface area contributed by atoms with Crippen LogP contribution in [0.25, 0.3) is 0 Å². The van der Waals surface area contributed by atoms with Gasteiger partial charge in [-0.1, -0.05) is 25.1 Å². The van der Waals surface area contributed by atoms with Gasteiger partial charge in [-0.3, -0.25) is 4.79 Å². The minimum atomic E-state index is -0.308. The van der Waals surface area contributed by atoms with Gasteiger partial charge >= 0.3 is 5.97 Å². The topological polar surface area (TPSA) is 63.0 Å². The van der Waals surface area contributed by atoms with Crippen LogP contribution in [0.5, 0.6) is 0 Å². The second kappa shape index (κ2) is 8.35. The number of carbonyl (C=O) groups is 1. The van der Waals surface area contributed by atoms with Crippen molar-refractivity contribution in [1.82, 2.24) is 4.98 Å². The molecule has 0 N–H and O–H groups in total. The highest BCUT2D eigenvalue weighted by Crippen LogP contribution is 2.30. The molecule has 1 fully saturated rings. The van der Waals surface area contributed by atoms with Gasteiger partial charge in [0.1, 0.15) is 22.4 Å². The summed E-state index contributed by atoms with van der Waals surface area (Å²) >= 11 is 1.36. The molecule has 0 radical (unpaired) electrons. The normalized spacial score (nSPS) is 16.6. The van der Waals surface area contributed by atoms with Crippen LogP contribution < -0.4 is 0 Å². The Bertz CT molecular complexity index is 604. The molecular formula is C18H24N2O2S. The van der Waals surface area contributed by atoms with Gasteiger partial charge < -0.3 is 4.74 Å². The third kappa shape index (κ3) is 4.71. The van der Waals surface area contributed by atoms with E-state index in [1.165, 1.54) is 18.2 Å². The van der Waals surface area contributed by atoms with E-state index in [0.29, 0.717) is 17.0 Å². The van der Waals surface area contributed by atoms with Crippen LogP contribution in [0, 0.1) is 25.2 Å². The Balaban J connectivity index is 2.10. The summed E-state index contributed by atoms with van der Waals surface area (Å²) in [6.07, 6.45) is 6.18. The lowest BCUT2D eigenvalue weighted by Crippen LogP contribution is -2.27. The molecule has 5 heteroatoms. The zero-order valence-corrected chi connectivity index (χ0v) is 14.9. The van der Waals surface area contributed by atoms with Gasteiger partial charge in [0.15, 0.2) is 0 Å². The van der Waals surface area contributed by atoms with Crippen LogP contribution >= 0.6 is 11.8 Å². The predicted molar refractivity (Wildman–Crippen MR) is 91.3 cm³/mol. The molecule has 0 aliphatic heterocycles. The highest BCUT2D eigenvalue weighted by atomic mass is 32.2. The Hall–Kier alpha value is -1.54. The number of aromatic nitrogens is 1. The smallest absolute Gasteiger partial charge is 0.319 e. The van der Waals surface area contributed by atoms with Crippen LogP contribution in [-0.2, 0) is 9.53 Å².